The predicted octanol–water partition coefficient (Wildman–Crippen LogP) is 3.15. The van der Waals surface area contributed by atoms with E-state index in [1.54, 1.807) is 7.11 Å². The summed E-state index contributed by atoms with van der Waals surface area (Å²) in [4.78, 5) is 2.44. The minimum atomic E-state index is 0.356. The Bertz CT molecular complexity index is 421. The summed E-state index contributed by atoms with van der Waals surface area (Å²) in [5, 5.41) is 3.54. The van der Waals surface area contributed by atoms with Gasteiger partial charge in [-0.2, -0.15) is 0 Å². The Morgan fingerprint density at radius 1 is 1.29 bits per heavy atom. The molecule has 0 amide bonds. The van der Waals surface area contributed by atoms with Gasteiger partial charge in [0.1, 0.15) is 5.75 Å². The maximum atomic E-state index is 5.21. The third-order valence-corrected chi connectivity index (χ3v) is 4.69. The molecule has 0 aliphatic carbocycles. The number of nitrogens with zero attached hydrogens (tertiary/aromatic N) is 1. The van der Waals surface area contributed by atoms with E-state index in [9.17, 15) is 0 Å². The first-order valence-electron chi connectivity index (χ1n) is 8.03. The van der Waals surface area contributed by atoms with Crippen LogP contribution in [0.3, 0.4) is 0 Å². The fourth-order valence-corrected chi connectivity index (χ4v) is 3.44. The fourth-order valence-electron chi connectivity index (χ4n) is 3.44. The molecule has 0 bridgehead atoms. The van der Waals surface area contributed by atoms with E-state index in [2.05, 4.69) is 43.2 Å². The van der Waals surface area contributed by atoms with Crippen molar-refractivity contribution in [2.45, 2.75) is 33.2 Å². The molecule has 1 N–H and O–H groups in total. The molecule has 3 heteroatoms. The van der Waals surface area contributed by atoms with Gasteiger partial charge in [0.2, 0.25) is 0 Å². The van der Waals surface area contributed by atoms with Crippen LogP contribution in [0.5, 0.6) is 5.75 Å². The van der Waals surface area contributed by atoms with Gasteiger partial charge in [-0.15, -0.1) is 0 Å². The predicted molar refractivity (Wildman–Crippen MR) is 88.7 cm³/mol. The quantitative estimate of drug-likeness (QED) is 0.871. The van der Waals surface area contributed by atoms with Crippen LogP contribution in [0.1, 0.15) is 32.3 Å². The Balaban J connectivity index is 1.88. The average Bonchev–Trinajstić information content (AvgIpc) is 2.48. The van der Waals surface area contributed by atoms with E-state index < -0.39 is 0 Å². The summed E-state index contributed by atoms with van der Waals surface area (Å²) in [6.45, 7) is 9.31. The first-order valence-corrected chi connectivity index (χ1v) is 8.03. The molecular weight excluding hydrogens is 260 g/mol. The minimum Gasteiger partial charge on any atom is -0.497 e. The van der Waals surface area contributed by atoms with Gasteiger partial charge < -0.3 is 15.0 Å². The number of benzene rings is 1. The topological polar surface area (TPSA) is 24.5 Å². The van der Waals surface area contributed by atoms with Crippen LogP contribution in [-0.4, -0.2) is 38.7 Å². The lowest BCUT2D eigenvalue weighted by atomic mass is 9.74. The second kappa shape index (κ2) is 7.28. The van der Waals surface area contributed by atoms with Crippen molar-refractivity contribution in [1.29, 1.82) is 0 Å². The largest absolute Gasteiger partial charge is 0.497 e. The van der Waals surface area contributed by atoms with Gasteiger partial charge in [-0.3, -0.25) is 0 Å². The molecule has 0 spiro atoms. The van der Waals surface area contributed by atoms with Crippen molar-refractivity contribution in [2.75, 3.05) is 33.8 Å². The van der Waals surface area contributed by atoms with Gasteiger partial charge in [0.15, 0.2) is 0 Å². The number of ether oxygens (including phenoxy) is 1. The smallest absolute Gasteiger partial charge is 0.118 e. The Morgan fingerprint density at radius 2 is 2.00 bits per heavy atom. The molecule has 3 nitrogen and oxygen atoms in total. The summed E-state index contributed by atoms with van der Waals surface area (Å²) < 4.78 is 5.21. The van der Waals surface area contributed by atoms with Crippen LogP contribution in [0.4, 0.5) is 0 Å². The van der Waals surface area contributed by atoms with Gasteiger partial charge in [-0.05, 0) is 62.0 Å². The number of piperidine rings is 1. The number of hydrogen-bond acceptors (Lipinski definition) is 3. The number of nitrogens with one attached hydrogen (secondary N) is 1. The van der Waals surface area contributed by atoms with E-state index in [0.717, 1.165) is 24.8 Å². The standard InChI is InChI=1S/C18H30N2O/c1-18(2,16-6-5-11-19-12-16)14-20(3)13-15-7-9-17(21-4)10-8-15/h7-10,16,19H,5-6,11-14H2,1-4H3. The van der Waals surface area contributed by atoms with Crippen LogP contribution < -0.4 is 10.1 Å². The number of hydrogen-bond donors (Lipinski definition) is 1. The molecule has 1 heterocycles. The second-order valence-corrected chi connectivity index (χ2v) is 7.05. The molecule has 21 heavy (non-hydrogen) atoms. The maximum absolute atomic E-state index is 5.21. The van der Waals surface area contributed by atoms with Crippen molar-refractivity contribution in [3.05, 3.63) is 29.8 Å². The van der Waals surface area contributed by atoms with Gasteiger partial charge in [0.05, 0.1) is 7.11 Å². The second-order valence-electron chi connectivity index (χ2n) is 7.05. The minimum absolute atomic E-state index is 0.356. The van der Waals surface area contributed by atoms with Crippen molar-refractivity contribution in [3.63, 3.8) is 0 Å². The molecule has 0 saturated carbocycles. The lowest BCUT2D eigenvalue weighted by molar-refractivity contribution is 0.111. The molecule has 1 fully saturated rings. The molecule has 118 valence electrons. The fraction of sp³-hybridized carbons (Fsp3) is 0.667. The van der Waals surface area contributed by atoms with Gasteiger partial charge >= 0.3 is 0 Å². The van der Waals surface area contributed by atoms with Crippen molar-refractivity contribution >= 4 is 0 Å². The van der Waals surface area contributed by atoms with E-state index in [-0.39, 0.29) is 0 Å². The zero-order chi connectivity index (χ0) is 15.3. The lowest BCUT2D eigenvalue weighted by Gasteiger charge is -2.40. The summed E-state index contributed by atoms with van der Waals surface area (Å²) in [5.41, 5.74) is 1.70. The molecular formula is C18H30N2O. The molecule has 1 unspecified atom stereocenters. The lowest BCUT2D eigenvalue weighted by Crippen LogP contribution is -2.43. The Labute approximate surface area is 129 Å². The van der Waals surface area contributed by atoms with Crippen LogP contribution in [0.25, 0.3) is 0 Å². The molecule has 2 rings (SSSR count). The number of methoxy groups -OCH3 is 1. The van der Waals surface area contributed by atoms with E-state index in [1.165, 1.54) is 31.5 Å². The summed E-state index contributed by atoms with van der Waals surface area (Å²) in [6.07, 6.45) is 2.67. The molecule has 1 aromatic carbocycles. The highest BCUT2D eigenvalue weighted by Crippen LogP contribution is 2.32. The van der Waals surface area contributed by atoms with Gasteiger partial charge in [0, 0.05) is 13.1 Å². The first-order chi connectivity index (χ1) is 10.0. The van der Waals surface area contributed by atoms with E-state index in [0.29, 0.717) is 5.41 Å². The molecule has 1 aliphatic rings. The molecule has 1 aromatic rings. The van der Waals surface area contributed by atoms with Gasteiger partial charge in [-0.25, -0.2) is 0 Å². The molecule has 0 aromatic heterocycles. The normalized spacial score (nSPS) is 19.8. The number of rotatable bonds is 6. The van der Waals surface area contributed by atoms with Crippen molar-refractivity contribution in [1.82, 2.24) is 10.2 Å². The van der Waals surface area contributed by atoms with Crippen LogP contribution >= 0.6 is 0 Å². The van der Waals surface area contributed by atoms with E-state index >= 15 is 0 Å². The summed E-state index contributed by atoms with van der Waals surface area (Å²) in [6, 6.07) is 8.40. The van der Waals surface area contributed by atoms with E-state index in [4.69, 9.17) is 4.74 Å². The molecule has 1 saturated heterocycles. The monoisotopic (exact) mass is 290 g/mol. The highest BCUT2D eigenvalue weighted by Gasteiger charge is 2.31. The average molecular weight is 290 g/mol. The third-order valence-electron chi connectivity index (χ3n) is 4.69. The van der Waals surface area contributed by atoms with Crippen LogP contribution in [0.15, 0.2) is 24.3 Å². The third kappa shape index (κ3) is 4.72. The molecule has 0 radical (unpaired) electrons. The first kappa shape index (κ1) is 16.3. The van der Waals surface area contributed by atoms with Crippen molar-refractivity contribution in [2.24, 2.45) is 11.3 Å². The van der Waals surface area contributed by atoms with Crippen molar-refractivity contribution in [3.8, 4) is 5.75 Å². The summed E-state index contributed by atoms with van der Waals surface area (Å²) >= 11 is 0. The highest BCUT2D eigenvalue weighted by molar-refractivity contribution is 5.27. The van der Waals surface area contributed by atoms with E-state index in [1.807, 2.05) is 12.1 Å². The van der Waals surface area contributed by atoms with Crippen molar-refractivity contribution < 1.29 is 4.74 Å². The Morgan fingerprint density at radius 3 is 2.57 bits per heavy atom. The van der Waals surface area contributed by atoms with Crippen LogP contribution in [-0.2, 0) is 6.54 Å². The zero-order valence-corrected chi connectivity index (χ0v) is 14.0. The SMILES string of the molecule is COc1ccc(CN(C)CC(C)(C)C2CCCNC2)cc1. The Hall–Kier alpha value is -1.06. The zero-order valence-electron chi connectivity index (χ0n) is 14.0. The molecule has 1 atom stereocenters. The van der Waals surface area contributed by atoms with Gasteiger partial charge in [-0.1, -0.05) is 26.0 Å². The molecule has 1 aliphatic heterocycles. The van der Waals surface area contributed by atoms with Crippen LogP contribution in [0.2, 0.25) is 0 Å². The maximum Gasteiger partial charge on any atom is 0.118 e. The Kier molecular flexibility index (Phi) is 5.65. The highest BCUT2D eigenvalue weighted by atomic mass is 16.5. The van der Waals surface area contributed by atoms with Gasteiger partial charge in [0.25, 0.3) is 0 Å². The van der Waals surface area contributed by atoms with Crippen LogP contribution in [0, 0.1) is 11.3 Å². The summed E-state index contributed by atoms with van der Waals surface area (Å²) in [5.74, 6) is 1.71. The summed E-state index contributed by atoms with van der Waals surface area (Å²) in [7, 11) is 3.93.